The van der Waals surface area contributed by atoms with Gasteiger partial charge in [0.25, 0.3) is 0 Å². The first-order valence-electron chi connectivity index (χ1n) is 9.57. The van der Waals surface area contributed by atoms with Crippen LogP contribution in [0.15, 0.2) is 12.1 Å². The van der Waals surface area contributed by atoms with Crippen LogP contribution in [0.1, 0.15) is 22.8 Å². The van der Waals surface area contributed by atoms with Crippen molar-refractivity contribution in [2.24, 2.45) is 0 Å². The van der Waals surface area contributed by atoms with Gasteiger partial charge in [0, 0.05) is 0 Å². The first kappa shape index (κ1) is 23.8. The third kappa shape index (κ3) is 6.02. The van der Waals surface area contributed by atoms with E-state index >= 15 is 0 Å². The Morgan fingerprint density at radius 1 is 1.19 bits per heavy atom. The van der Waals surface area contributed by atoms with Crippen molar-refractivity contribution in [3.63, 3.8) is 0 Å². The van der Waals surface area contributed by atoms with E-state index in [1.165, 1.54) is 20.3 Å². The molecule has 0 bridgehead atoms. The number of aromatic nitrogens is 2. The van der Waals surface area contributed by atoms with Gasteiger partial charge in [-0.15, -0.1) is 6.42 Å². The standard InChI is InChI=1S/C21H27N3O6Si/c1-8-10-22-18-13(9-2)11-14(17(19(18)25)20(26)30-31(5,6)7)29-21-23-15(27-3)12-16(24-21)28-4/h1,11-12,22,25H,9-10H2,2-7H3. The van der Waals surface area contributed by atoms with Crippen LogP contribution in [0.4, 0.5) is 5.69 Å². The molecule has 10 heteroatoms. The maximum atomic E-state index is 13.0. The Morgan fingerprint density at radius 3 is 2.29 bits per heavy atom. The first-order valence-corrected chi connectivity index (χ1v) is 13.0. The van der Waals surface area contributed by atoms with Gasteiger partial charge in [-0.25, -0.2) is 4.79 Å². The molecule has 0 radical (unpaired) electrons. The largest absolute Gasteiger partial charge is 0.516 e. The number of rotatable bonds is 9. The lowest BCUT2D eigenvalue weighted by Gasteiger charge is -2.21. The van der Waals surface area contributed by atoms with Gasteiger partial charge in [0.2, 0.25) is 20.1 Å². The van der Waals surface area contributed by atoms with Crippen molar-refractivity contribution in [1.82, 2.24) is 9.97 Å². The van der Waals surface area contributed by atoms with Crippen LogP contribution >= 0.6 is 0 Å². The van der Waals surface area contributed by atoms with E-state index in [1.807, 2.05) is 26.6 Å². The van der Waals surface area contributed by atoms with Crippen molar-refractivity contribution in [3.05, 3.63) is 23.3 Å². The van der Waals surface area contributed by atoms with Crippen molar-refractivity contribution in [2.75, 3.05) is 26.1 Å². The summed E-state index contributed by atoms with van der Waals surface area (Å²) in [6.07, 6.45) is 5.87. The number of aryl methyl sites for hydroxylation is 1. The molecule has 2 rings (SSSR count). The molecule has 0 fully saturated rings. The van der Waals surface area contributed by atoms with Crippen LogP contribution in [0, 0.1) is 12.3 Å². The zero-order chi connectivity index (χ0) is 23.2. The SMILES string of the molecule is C#CCNc1c(CC)cc(Oc2nc(OC)cc(OC)n2)c(C(=O)O[Si](C)(C)C)c1O. The predicted molar refractivity (Wildman–Crippen MR) is 119 cm³/mol. The number of hydrogen-bond donors (Lipinski definition) is 2. The molecular formula is C21H27N3O6Si. The lowest BCUT2D eigenvalue weighted by Crippen LogP contribution is -2.29. The van der Waals surface area contributed by atoms with Crippen molar-refractivity contribution in [2.45, 2.75) is 33.0 Å². The maximum Gasteiger partial charge on any atom is 0.332 e. The van der Waals surface area contributed by atoms with Gasteiger partial charge in [0.1, 0.15) is 11.3 Å². The van der Waals surface area contributed by atoms with Crippen LogP contribution in [0.5, 0.6) is 29.3 Å². The Morgan fingerprint density at radius 2 is 1.81 bits per heavy atom. The van der Waals surface area contributed by atoms with Gasteiger partial charge < -0.3 is 29.1 Å². The Bertz CT molecular complexity index is 976. The van der Waals surface area contributed by atoms with Crippen molar-refractivity contribution < 1.29 is 28.5 Å². The quantitative estimate of drug-likeness (QED) is 0.340. The molecule has 0 aliphatic heterocycles. The number of hydrogen-bond acceptors (Lipinski definition) is 9. The van der Waals surface area contributed by atoms with Crippen LogP contribution < -0.4 is 19.5 Å². The molecule has 2 aromatic rings. The second-order valence-electron chi connectivity index (χ2n) is 7.38. The van der Waals surface area contributed by atoms with Gasteiger partial charge in [0.05, 0.1) is 32.5 Å². The van der Waals surface area contributed by atoms with Gasteiger partial charge >= 0.3 is 12.0 Å². The first-order chi connectivity index (χ1) is 14.6. The van der Waals surface area contributed by atoms with Gasteiger partial charge in [0.15, 0.2) is 5.75 Å². The smallest absolute Gasteiger partial charge is 0.332 e. The summed E-state index contributed by atoms with van der Waals surface area (Å²) in [5, 5.41) is 13.9. The van der Waals surface area contributed by atoms with Crippen molar-refractivity contribution >= 4 is 20.0 Å². The van der Waals surface area contributed by atoms with E-state index < -0.39 is 14.3 Å². The lowest BCUT2D eigenvalue weighted by molar-refractivity contribution is 0.0718. The Hall–Kier alpha value is -3.45. The molecule has 9 nitrogen and oxygen atoms in total. The molecule has 0 aliphatic carbocycles. The minimum atomic E-state index is -2.28. The van der Waals surface area contributed by atoms with Crippen molar-refractivity contribution in [3.8, 4) is 41.6 Å². The van der Waals surface area contributed by atoms with Gasteiger partial charge in [-0.1, -0.05) is 12.8 Å². The number of aromatic hydroxyl groups is 1. The number of carbonyl (C=O) groups is 1. The molecule has 166 valence electrons. The van der Waals surface area contributed by atoms with E-state index in [1.54, 1.807) is 6.07 Å². The van der Waals surface area contributed by atoms with Crippen LogP contribution in [0.25, 0.3) is 0 Å². The Kier molecular flexibility index (Phi) is 7.71. The monoisotopic (exact) mass is 445 g/mol. The summed E-state index contributed by atoms with van der Waals surface area (Å²) in [6, 6.07) is 2.98. The minimum absolute atomic E-state index is 0.0409. The third-order valence-electron chi connectivity index (χ3n) is 3.98. The van der Waals surface area contributed by atoms with Crippen LogP contribution in [-0.2, 0) is 10.8 Å². The molecule has 0 amide bonds. The Balaban J connectivity index is 2.65. The van der Waals surface area contributed by atoms with Gasteiger partial charge in [-0.2, -0.15) is 9.97 Å². The zero-order valence-electron chi connectivity index (χ0n) is 18.5. The average Bonchev–Trinajstić information content (AvgIpc) is 2.70. The highest BCUT2D eigenvalue weighted by Gasteiger charge is 2.29. The molecule has 1 aromatic carbocycles. The average molecular weight is 446 g/mol. The summed E-state index contributed by atoms with van der Waals surface area (Å²) in [7, 11) is 0.604. The fraction of sp³-hybridized carbons (Fsp3) is 0.381. The molecular weight excluding hydrogens is 418 g/mol. The topological polar surface area (TPSA) is 112 Å². The minimum Gasteiger partial charge on any atom is -0.516 e. The number of nitrogens with one attached hydrogen (secondary N) is 1. The van der Waals surface area contributed by atoms with E-state index in [0.717, 1.165) is 0 Å². The highest BCUT2D eigenvalue weighted by molar-refractivity contribution is 6.71. The number of phenols is 1. The highest BCUT2D eigenvalue weighted by Crippen LogP contribution is 2.41. The fourth-order valence-corrected chi connectivity index (χ4v) is 3.31. The summed E-state index contributed by atoms with van der Waals surface area (Å²) in [5.74, 6) is 1.88. The summed E-state index contributed by atoms with van der Waals surface area (Å²) in [5.41, 5.74) is 0.881. The van der Waals surface area contributed by atoms with Gasteiger partial charge in [-0.05, 0) is 37.7 Å². The number of benzene rings is 1. The van der Waals surface area contributed by atoms with E-state index in [4.69, 9.17) is 25.1 Å². The number of carbonyl (C=O) groups excluding carboxylic acids is 1. The molecule has 0 saturated heterocycles. The normalized spacial score (nSPS) is 10.7. The molecule has 1 aromatic heterocycles. The molecule has 0 aliphatic rings. The van der Waals surface area contributed by atoms with E-state index in [0.29, 0.717) is 17.7 Å². The van der Waals surface area contributed by atoms with Crippen LogP contribution in [-0.4, -0.2) is 50.1 Å². The summed E-state index contributed by atoms with van der Waals surface area (Å²) in [6.45, 7) is 7.63. The second-order valence-corrected chi connectivity index (χ2v) is 11.8. The number of anilines is 1. The van der Waals surface area contributed by atoms with Crippen LogP contribution in [0.2, 0.25) is 19.6 Å². The number of terminal acetylenes is 1. The lowest BCUT2D eigenvalue weighted by atomic mass is 10.0. The summed E-state index contributed by atoms with van der Waals surface area (Å²) < 4.78 is 21.7. The maximum absolute atomic E-state index is 13.0. The molecule has 1 heterocycles. The highest BCUT2D eigenvalue weighted by atomic mass is 28.4. The van der Waals surface area contributed by atoms with E-state index in [2.05, 4.69) is 21.2 Å². The van der Waals surface area contributed by atoms with Crippen molar-refractivity contribution in [1.29, 1.82) is 0 Å². The molecule has 31 heavy (non-hydrogen) atoms. The second kappa shape index (κ2) is 10.0. The summed E-state index contributed by atoms with van der Waals surface area (Å²) >= 11 is 0. The van der Waals surface area contributed by atoms with E-state index in [9.17, 15) is 9.90 Å². The van der Waals surface area contributed by atoms with Crippen LogP contribution in [0.3, 0.4) is 0 Å². The molecule has 0 spiro atoms. The number of phenolic OH excluding ortho intramolecular Hbond substituents is 1. The van der Waals surface area contributed by atoms with E-state index in [-0.39, 0.29) is 41.4 Å². The molecule has 0 unspecified atom stereocenters. The molecule has 0 saturated carbocycles. The number of methoxy groups -OCH3 is 2. The molecule has 2 N–H and O–H groups in total. The number of nitrogens with zero attached hydrogens (tertiary/aromatic N) is 2. The fourth-order valence-electron chi connectivity index (χ4n) is 2.66. The molecule has 0 atom stereocenters. The number of ether oxygens (including phenoxy) is 3. The third-order valence-corrected chi connectivity index (χ3v) is 4.77. The zero-order valence-corrected chi connectivity index (χ0v) is 19.5. The Labute approximate surface area is 182 Å². The summed E-state index contributed by atoms with van der Waals surface area (Å²) in [4.78, 5) is 21.2. The van der Waals surface area contributed by atoms with Gasteiger partial charge in [-0.3, -0.25) is 0 Å². The predicted octanol–water partition coefficient (Wildman–Crippen LogP) is 3.59.